The van der Waals surface area contributed by atoms with Gasteiger partial charge in [0.15, 0.2) is 11.6 Å². The molecule has 182 valence electrons. The molecule has 0 amide bonds. The monoisotopic (exact) mass is 492 g/mol. The van der Waals surface area contributed by atoms with Gasteiger partial charge in [0.05, 0.1) is 34.8 Å². The molecule has 9 heteroatoms. The van der Waals surface area contributed by atoms with Crippen molar-refractivity contribution >= 4 is 32.5 Å². The second kappa shape index (κ2) is 8.66. The molecule has 35 heavy (non-hydrogen) atoms. The molecule has 2 aromatic heterocycles. The van der Waals surface area contributed by atoms with Gasteiger partial charge in [-0.2, -0.15) is 0 Å². The summed E-state index contributed by atoms with van der Waals surface area (Å²) >= 11 is 0. The van der Waals surface area contributed by atoms with Crippen molar-refractivity contribution in [2.75, 3.05) is 31.2 Å². The van der Waals surface area contributed by atoms with Gasteiger partial charge in [-0.1, -0.05) is 17.7 Å². The first-order valence-corrected chi connectivity index (χ1v) is 13.0. The molecule has 0 bridgehead atoms. The van der Waals surface area contributed by atoms with E-state index in [1.807, 2.05) is 39.0 Å². The maximum Gasteiger partial charge on any atom is 0.270 e. The number of carbonyl (C=O) groups excluding carboxylic acids is 1. The van der Waals surface area contributed by atoms with Crippen LogP contribution in [0.2, 0.25) is 0 Å². The zero-order valence-electron chi connectivity index (χ0n) is 20.3. The molecule has 8 nitrogen and oxygen atoms in total. The van der Waals surface area contributed by atoms with Crippen LogP contribution in [0.4, 0.5) is 5.69 Å². The molecule has 3 heterocycles. The molecule has 0 saturated carbocycles. The van der Waals surface area contributed by atoms with Gasteiger partial charge in [-0.05, 0) is 63.6 Å². The average Bonchev–Trinajstić information content (AvgIpc) is 3.36. The molecule has 0 radical (unpaired) electrons. The minimum absolute atomic E-state index is 0.0823. The summed E-state index contributed by atoms with van der Waals surface area (Å²) in [5.74, 6) is 0.175. The molecule has 1 aliphatic heterocycles. The highest BCUT2D eigenvalue weighted by atomic mass is 32.2. The Hall–Kier alpha value is -3.43. The fourth-order valence-electron chi connectivity index (χ4n) is 4.78. The molecule has 0 spiro atoms. The number of nitrogens with zero attached hydrogens (tertiary/aromatic N) is 3. The summed E-state index contributed by atoms with van der Waals surface area (Å²) in [5.41, 5.74) is 5.37. The SMILES string of the molecule is CC(=O)c1c(C)[nH]c(-c2nc3ccc(N4CCOCC4)cc3n2S(=O)(=O)c2ccc(C)cc2)c1C. The molecule has 0 unspecified atom stereocenters. The van der Waals surface area contributed by atoms with E-state index < -0.39 is 10.0 Å². The van der Waals surface area contributed by atoms with Gasteiger partial charge in [0.1, 0.15) is 0 Å². The number of aryl methyl sites for hydroxylation is 2. The van der Waals surface area contributed by atoms with Crippen LogP contribution in [-0.4, -0.2) is 54.4 Å². The third-order valence-corrected chi connectivity index (χ3v) is 8.26. The number of H-pyrrole nitrogens is 1. The molecule has 1 aliphatic rings. The Bertz CT molecular complexity index is 1540. The average molecular weight is 493 g/mol. The normalized spacial score (nSPS) is 14.6. The summed E-state index contributed by atoms with van der Waals surface area (Å²) in [6.45, 7) is 9.76. The van der Waals surface area contributed by atoms with Gasteiger partial charge in [0, 0.05) is 30.0 Å². The number of Topliss-reactive ketones (excluding diaryl/α,β-unsaturated/α-hetero) is 1. The Morgan fingerprint density at radius 3 is 2.34 bits per heavy atom. The van der Waals surface area contributed by atoms with Crippen molar-refractivity contribution in [2.45, 2.75) is 32.6 Å². The second-order valence-corrected chi connectivity index (χ2v) is 10.8. The van der Waals surface area contributed by atoms with E-state index in [4.69, 9.17) is 9.72 Å². The number of aromatic amines is 1. The van der Waals surface area contributed by atoms with Crippen LogP contribution in [0.3, 0.4) is 0 Å². The quantitative estimate of drug-likeness (QED) is 0.419. The highest BCUT2D eigenvalue weighted by Gasteiger charge is 2.29. The van der Waals surface area contributed by atoms with Gasteiger partial charge in [-0.25, -0.2) is 17.4 Å². The van der Waals surface area contributed by atoms with Crippen molar-refractivity contribution in [3.8, 4) is 11.5 Å². The van der Waals surface area contributed by atoms with Crippen LogP contribution < -0.4 is 4.90 Å². The molecule has 4 aromatic rings. The van der Waals surface area contributed by atoms with Crippen molar-refractivity contribution in [3.05, 3.63) is 64.8 Å². The smallest absolute Gasteiger partial charge is 0.270 e. The zero-order chi connectivity index (χ0) is 24.9. The standard InChI is InChI=1S/C26H28N4O4S/c1-16-5-8-21(9-6-16)35(32,33)30-23-15-20(29-11-13-34-14-12-29)7-10-22(23)28-26(30)25-17(2)24(19(4)31)18(3)27-25/h5-10,15,27H,11-14H2,1-4H3. The number of ketones is 1. The minimum Gasteiger partial charge on any atom is -0.378 e. The lowest BCUT2D eigenvalue weighted by atomic mass is 10.1. The van der Waals surface area contributed by atoms with E-state index in [9.17, 15) is 13.2 Å². The lowest BCUT2D eigenvalue weighted by molar-refractivity contribution is 0.101. The van der Waals surface area contributed by atoms with Crippen LogP contribution in [0.5, 0.6) is 0 Å². The largest absolute Gasteiger partial charge is 0.378 e. The number of rotatable bonds is 5. The highest BCUT2D eigenvalue weighted by molar-refractivity contribution is 7.90. The molecule has 0 atom stereocenters. The number of benzene rings is 2. The van der Waals surface area contributed by atoms with Gasteiger partial charge in [-0.15, -0.1) is 0 Å². The van der Waals surface area contributed by atoms with E-state index >= 15 is 0 Å². The topological polar surface area (TPSA) is 97.3 Å². The van der Waals surface area contributed by atoms with Crippen molar-refractivity contribution in [3.63, 3.8) is 0 Å². The predicted molar refractivity (Wildman–Crippen MR) is 136 cm³/mol. The first kappa shape index (κ1) is 23.3. The molecule has 5 rings (SSSR count). The maximum absolute atomic E-state index is 14.0. The summed E-state index contributed by atoms with van der Waals surface area (Å²) in [6.07, 6.45) is 0. The van der Waals surface area contributed by atoms with Crippen LogP contribution in [0.1, 0.15) is 34.1 Å². The third kappa shape index (κ3) is 3.94. The van der Waals surface area contributed by atoms with Crippen molar-refractivity contribution in [1.82, 2.24) is 13.9 Å². The Morgan fingerprint density at radius 2 is 1.71 bits per heavy atom. The summed E-state index contributed by atoms with van der Waals surface area (Å²) in [4.78, 5) is 22.6. The molecular weight excluding hydrogens is 464 g/mol. The van der Waals surface area contributed by atoms with Gasteiger partial charge in [0.2, 0.25) is 0 Å². The number of hydrogen-bond donors (Lipinski definition) is 1. The Kier molecular flexibility index (Phi) is 5.77. The molecule has 0 aliphatic carbocycles. The van der Waals surface area contributed by atoms with Crippen molar-refractivity contribution in [1.29, 1.82) is 0 Å². The van der Waals surface area contributed by atoms with Crippen LogP contribution >= 0.6 is 0 Å². The molecule has 1 N–H and O–H groups in total. The maximum atomic E-state index is 14.0. The summed E-state index contributed by atoms with van der Waals surface area (Å²) in [6, 6.07) is 12.5. The summed E-state index contributed by atoms with van der Waals surface area (Å²) < 4.78 is 34.9. The Labute approximate surface area is 204 Å². The Balaban J connectivity index is 1.79. The van der Waals surface area contributed by atoms with E-state index in [2.05, 4.69) is 9.88 Å². The van der Waals surface area contributed by atoms with E-state index in [0.717, 1.165) is 24.3 Å². The first-order chi connectivity index (χ1) is 16.7. The van der Waals surface area contributed by atoms with E-state index in [-0.39, 0.29) is 16.5 Å². The number of fused-ring (bicyclic) bond motifs is 1. The lowest BCUT2D eigenvalue weighted by Gasteiger charge is -2.28. The first-order valence-electron chi connectivity index (χ1n) is 11.6. The number of imidazole rings is 1. The van der Waals surface area contributed by atoms with Gasteiger partial charge in [-0.3, -0.25) is 4.79 Å². The Morgan fingerprint density at radius 1 is 1.03 bits per heavy atom. The number of aromatic nitrogens is 3. The van der Waals surface area contributed by atoms with E-state index in [1.165, 1.54) is 10.9 Å². The number of morpholine rings is 1. The van der Waals surface area contributed by atoms with Gasteiger partial charge >= 0.3 is 0 Å². The van der Waals surface area contributed by atoms with Crippen LogP contribution in [0.15, 0.2) is 47.4 Å². The highest BCUT2D eigenvalue weighted by Crippen LogP contribution is 2.34. The summed E-state index contributed by atoms with van der Waals surface area (Å²) in [7, 11) is -4.00. The van der Waals surface area contributed by atoms with E-state index in [0.29, 0.717) is 46.8 Å². The van der Waals surface area contributed by atoms with Crippen LogP contribution in [0.25, 0.3) is 22.6 Å². The van der Waals surface area contributed by atoms with E-state index in [1.54, 1.807) is 24.3 Å². The molecule has 2 aromatic carbocycles. The second-order valence-electron chi connectivity index (χ2n) is 8.97. The molecule has 1 saturated heterocycles. The zero-order valence-corrected chi connectivity index (χ0v) is 21.1. The summed E-state index contributed by atoms with van der Waals surface area (Å²) in [5, 5.41) is 0. The van der Waals surface area contributed by atoms with Gasteiger partial charge in [0.25, 0.3) is 10.0 Å². The fraction of sp³-hybridized carbons (Fsp3) is 0.308. The van der Waals surface area contributed by atoms with Crippen molar-refractivity contribution in [2.24, 2.45) is 0 Å². The van der Waals surface area contributed by atoms with Gasteiger partial charge < -0.3 is 14.6 Å². The third-order valence-electron chi connectivity index (χ3n) is 6.55. The van der Waals surface area contributed by atoms with Crippen molar-refractivity contribution < 1.29 is 17.9 Å². The number of hydrogen-bond acceptors (Lipinski definition) is 6. The molecular formula is C26H28N4O4S. The fourth-order valence-corrected chi connectivity index (χ4v) is 6.23. The predicted octanol–water partition coefficient (Wildman–Crippen LogP) is 4.23. The minimum atomic E-state index is -4.00. The number of nitrogens with one attached hydrogen (secondary N) is 1. The lowest BCUT2D eigenvalue weighted by Crippen LogP contribution is -2.36. The van der Waals surface area contributed by atoms with Crippen LogP contribution in [-0.2, 0) is 14.8 Å². The molecule has 1 fully saturated rings. The number of ether oxygens (including phenoxy) is 1. The number of anilines is 1. The number of carbonyl (C=O) groups is 1. The van der Waals surface area contributed by atoms with Crippen LogP contribution in [0, 0.1) is 20.8 Å².